The third-order valence-corrected chi connectivity index (χ3v) is 9.15. The van der Waals surface area contributed by atoms with E-state index in [0.29, 0.717) is 44.2 Å². The van der Waals surface area contributed by atoms with Crippen LogP contribution in [0.4, 0.5) is 10.8 Å². The van der Waals surface area contributed by atoms with Crippen molar-refractivity contribution in [3.63, 3.8) is 0 Å². The Hall–Kier alpha value is -5.10. The fourth-order valence-electron chi connectivity index (χ4n) is 4.44. The molecule has 1 heterocycles. The van der Waals surface area contributed by atoms with Crippen LogP contribution in [0.15, 0.2) is 113 Å². The number of thiazole rings is 1. The fourth-order valence-corrected chi connectivity index (χ4v) is 6.25. The summed E-state index contributed by atoms with van der Waals surface area (Å²) in [6.07, 6.45) is 1.54. The number of carbonyl (C=O) groups excluding carboxylic acids is 3. The number of anilines is 2. The Morgan fingerprint density at radius 3 is 2.33 bits per heavy atom. The summed E-state index contributed by atoms with van der Waals surface area (Å²) in [5, 5.41) is 10.9. The van der Waals surface area contributed by atoms with E-state index in [9.17, 15) is 14.4 Å². The van der Waals surface area contributed by atoms with Crippen molar-refractivity contribution in [2.45, 2.75) is 17.1 Å². The van der Waals surface area contributed by atoms with Crippen LogP contribution in [-0.2, 0) is 9.59 Å². The van der Waals surface area contributed by atoms with Gasteiger partial charge in [-0.05, 0) is 67.6 Å². The lowest BCUT2D eigenvalue weighted by molar-refractivity contribution is -0.115. The largest absolute Gasteiger partial charge is 0.497 e. The van der Waals surface area contributed by atoms with Gasteiger partial charge in [-0.1, -0.05) is 48.0 Å². The summed E-state index contributed by atoms with van der Waals surface area (Å²) in [5.41, 5.74) is 2.96. The molecule has 0 aliphatic carbocycles. The van der Waals surface area contributed by atoms with E-state index in [1.807, 2.05) is 23.6 Å². The second-order valence-corrected chi connectivity index (χ2v) is 12.9. The highest BCUT2D eigenvalue weighted by atomic mass is 35.5. The lowest BCUT2D eigenvalue weighted by Crippen LogP contribution is -2.30. The fraction of sp³-hybridized carbons (Fsp3) is 0.111. The highest BCUT2D eigenvalue weighted by Gasteiger charge is 2.19. The topological polar surface area (TPSA) is 119 Å². The van der Waals surface area contributed by atoms with E-state index in [1.54, 1.807) is 99.0 Å². The van der Waals surface area contributed by atoms with Crippen molar-refractivity contribution in [3.05, 3.63) is 124 Å². The first kappa shape index (κ1) is 34.2. The van der Waals surface area contributed by atoms with E-state index >= 15 is 0 Å². The molecule has 0 saturated heterocycles. The van der Waals surface area contributed by atoms with Crippen LogP contribution in [0.5, 0.6) is 11.5 Å². The van der Waals surface area contributed by atoms with E-state index in [-0.39, 0.29) is 11.6 Å². The van der Waals surface area contributed by atoms with Crippen molar-refractivity contribution >= 4 is 69.3 Å². The van der Waals surface area contributed by atoms with Crippen LogP contribution in [0.2, 0.25) is 5.02 Å². The number of ether oxygens (including phenoxy) is 2. The minimum Gasteiger partial charge on any atom is -0.497 e. The van der Waals surface area contributed by atoms with Gasteiger partial charge in [-0.25, -0.2) is 4.98 Å². The monoisotopic (exact) mass is 698 g/mol. The molecule has 1 atom stereocenters. The number of hydrogen-bond acceptors (Lipinski definition) is 8. The van der Waals surface area contributed by atoms with Gasteiger partial charge in [0.2, 0.25) is 5.91 Å². The van der Waals surface area contributed by atoms with Gasteiger partial charge in [0.15, 0.2) is 5.13 Å². The standard InChI is InChI=1S/C36H31ClN4O5S2/c1-22(33(42)41-36-40-31(21-47-36)28-11-7-8-12-29(28)37)48-27-17-14-25(15-18-27)38-35(44)30(39-34(43)23-9-5-4-6-10-23)19-24-13-16-26(45-2)20-32(24)46-3/h4-22H,1-3H3,(H,38,44)(H,39,43)(H,40,41,42)/b30-19-. The molecule has 0 saturated carbocycles. The van der Waals surface area contributed by atoms with Crippen LogP contribution in [0, 0.1) is 0 Å². The number of rotatable bonds is 12. The molecular weight excluding hydrogens is 668 g/mol. The quantitative estimate of drug-likeness (QED) is 0.0892. The Morgan fingerprint density at radius 1 is 0.896 bits per heavy atom. The molecule has 0 fully saturated rings. The molecule has 0 aliphatic heterocycles. The Balaban J connectivity index is 1.25. The number of nitrogens with one attached hydrogen (secondary N) is 3. The van der Waals surface area contributed by atoms with Gasteiger partial charge in [-0.3, -0.25) is 14.4 Å². The molecule has 9 nitrogen and oxygen atoms in total. The molecule has 0 aliphatic rings. The SMILES string of the molecule is COc1ccc(/C=C(\NC(=O)c2ccccc2)C(=O)Nc2ccc(SC(C)C(=O)Nc3nc(-c4ccccc4Cl)cs3)cc2)c(OC)c1. The van der Waals surface area contributed by atoms with Gasteiger partial charge in [-0.2, -0.15) is 0 Å². The first-order chi connectivity index (χ1) is 23.2. The number of methoxy groups -OCH3 is 2. The Labute approximate surface area is 291 Å². The number of hydrogen-bond donors (Lipinski definition) is 3. The lowest BCUT2D eigenvalue weighted by Gasteiger charge is -2.14. The molecule has 3 amide bonds. The molecule has 3 N–H and O–H groups in total. The van der Waals surface area contributed by atoms with Crippen LogP contribution >= 0.6 is 34.7 Å². The summed E-state index contributed by atoms with van der Waals surface area (Å²) in [4.78, 5) is 44.8. The van der Waals surface area contributed by atoms with Crippen molar-refractivity contribution in [2.75, 3.05) is 24.9 Å². The van der Waals surface area contributed by atoms with Gasteiger partial charge in [0.1, 0.15) is 17.2 Å². The molecule has 244 valence electrons. The van der Waals surface area contributed by atoms with Crippen molar-refractivity contribution < 1.29 is 23.9 Å². The smallest absolute Gasteiger partial charge is 0.272 e. The summed E-state index contributed by atoms with van der Waals surface area (Å²) in [7, 11) is 3.05. The minimum absolute atomic E-state index is 0.0101. The molecule has 48 heavy (non-hydrogen) atoms. The van der Waals surface area contributed by atoms with E-state index in [1.165, 1.54) is 30.2 Å². The van der Waals surface area contributed by atoms with Gasteiger partial charge >= 0.3 is 0 Å². The summed E-state index contributed by atoms with van der Waals surface area (Å²) < 4.78 is 10.8. The average molecular weight is 699 g/mol. The predicted molar refractivity (Wildman–Crippen MR) is 193 cm³/mol. The summed E-state index contributed by atoms with van der Waals surface area (Å²) in [6, 6.07) is 28.2. The average Bonchev–Trinajstić information content (AvgIpc) is 3.57. The van der Waals surface area contributed by atoms with E-state index < -0.39 is 17.1 Å². The maximum atomic E-state index is 13.5. The molecule has 0 bridgehead atoms. The number of nitrogens with zero attached hydrogens (tertiary/aromatic N) is 1. The van der Waals surface area contributed by atoms with Gasteiger partial charge in [0.05, 0.1) is 25.2 Å². The molecule has 1 unspecified atom stereocenters. The number of thioether (sulfide) groups is 1. The molecule has 0 spiro atoms. The maximum absolute atomic E-state index is 13.5. The highest BCUT2D eigenvalue weighted by Crippen LogP contribution is 2.32. The number of aromatic nitrogens is 1. The summed E-state index contributed by atoms with van der Waals surface area (Å²) in [5.74, 6) is -0.135. The van der Waals surface area contributed by atoms with Crippen molar-refractivity contribution in [2.24, 2.45) is 0 Å². The molecule has 5 aromatic rings. The number of carbonyl (C=O) groups is 3. The zero-order valence-electron chi connectivity index (χ0n) is 26.2. The zero-order valence-corrected chi connectivity index (χ0v) is 28.5. The first-order valence-electron chi connectivity index (χ1n) is 14.6. The zero-order chi connectivity index (χ0) is 34.0. The van der Waals surface area contributed by atoms with E-state index in [0.717, 1.165) is 10.5 Å². The van der Waals surface area contributed by atoms with Crippen LogP contribution in [0.1, 0.15) is 22.8 Å². The van der Waals surface area contributed by atoms with Gasteiger partial charge < -0.3 is 25.4 Å². The van der Waals surface area contributed by atoms with E-state index in [2.05, 4.69) is 20.9 Å². The Morgan fingerprint density at radius 2 is 1.62 bits per heavy atom. The Kier molecular flexibility index (Phi) is 11.5. The number of amides is 3. The van der Waals surface area contributed by atoms with Crippen LogP contribution in [-0.4, -0.2) is 42.2 Å². The maximum Gasteiger partial charge on any atom is 0.272 e. The lowest BCUT2D eigenvalue weighted by atomic mass is 10.1. The molecular formula is C36H31ClN4O5S2. The third-order valence-electron chi connectivity index (χ3n) is 6.95. The van der Waals surface area contributed by atoms with Crippen molar-refractivity contribution in [1.29, 1.82) is 0 Å². The number of halogens is 1. The second-order valence-electron chi connectivity index (χ2n) is 10.2. The molecule has 1 aromatic heterocycles. The predicted octanol–water partition coefficient (Wildman–Crippen LogP) is 8.01. The second kappa shape index (κ2) is 16.1. The highest BCUT2D eigenvalue weighted by molar-refractivity contribution is 8.00. The Bertz CT molecular complexity index is 1950. The minimum atomic E-state index is -0.537. The summed E-state index contributed by atoms with van der Waals surface area (Å²) >= 11 is 8.98. The molecule has 12 heteroatoms. The van der Waals surface area contributed by atoms with Gasteiger partial charge in [0, 0.05) is 43.7 Å². The number of benzene rings is 4. The summed E-state index contributed by atoms with van der Waals surface area (Å²) in [6.45, 7) is 1.80. The van der Waals surface area contributed by atoms with Crippen LogP contribution in [0.3, 0.4) is 0 Å². The van der Waals surface area contributed by atoms with Crippen molar-refractivity contribution in [1.82, 2.24) is 10.3 Å². The van der Waals surface area contributed by atoms with E-state index in [4.69, 9.17) is 21.1 Å². The van der Waals surface area contributed by atoms with Crippen LogP contribution in [0.25, 0.3) is 17.3 Å². The van der Waals surface area contributed by atoms with Crippen LogP contribution < -0.4 is 25.4 Å². The van der Waals surface area contributed by atoms with Gasteiger partial charge in [0.25, 0.3) is 11.8 Å². The van der Waals surface area contributed by atoms with Crippen molar-refractivity contribution in [3.8, 4) is 22.8 Å². The molecule has 5 rings (SSSR count). The van der Waals surface area contributed by atoms with Gasteiger partial charge in [-0.15, -0.1) is 23.1 Å². The molecule has 4 aromatic carbocycles. The first-order valence-corrected chi connectivity index (χ1v) is 16.8. The third kappa shape index (κ3) is 8.82. The normalized spacial score (nSPS) is 11.7. The molecule has 0 radical (unpaired) electrons.